The summed E-state index contributed by atoms with van der Waals surface area (Å²) in [6.07, 6.45) is 10.1. The monoisotopic (exact) mass is 529 g/mol. The Kier molecular flexibility index (Phi) is 8.94. The van der Waals surface area contributed by atoms with Crippen LogP contribution in [-0.4, -0.2) is 85.2 Å². The van der Waals surface area contributed by atoms with Crippen molar-refractivity contribution in [3.05, 3.63) is 28.9 Å². The van der Waals surface area contributed by atoms with Crippen LogP contribution in [0.25, 0.3) is 11.3 Å². The minimum Gasteiger partial charge on any atom is -0.496 e. The molecule has 3 fully saturated rings. The summed E-state index contributed by atoms with van der Waals surface area (Å²) in [5.41, 5.74) is 2.12. The van der Waals surface area contributed by atoms with Crippen molar-refractivity contribution in [3.8, 4) is 17.0 Å². The van der Waals surface area contributed by atoms with Gasteiger partial charge in [0, 0.05) is 44.8 Å². The molecule has 0 unspecified atom stereocenters. The highest BCUT2D eigenvalue weighted by molar-refractivity contribution is 7.14. The van der Waals surface area contributed by atoms with Gasteiger partial charge >= 0.3 is 6.03 Å². The molecule has 3 aliphatic rings. The number of carbonyl (C=O) groups is 1. The molecule has 202 valence electrons. The molecule has 0 bridgehead atoms. The third kappa shape index (κ3) is 6.62. The summed E-state index contributed by atoms with van der Waals surface area (Å²) in [4.78, 5) is 24.2. The number of urea groups is 1. The van der Waals surface area contributed by atoms with E-state index in [0.717, 1.165) is 50.4 Å². The van der Waals surface area contributed by atoms with E-state index < -0.39 is 5.13 Å². The number of methoxy groups -OCH3 is 1. The average molecular weight is 530 g/mol. The largest absolute Gasteiger partial charge is 0.496 e. The van der Waals surface area contributed by atoms with Gasteiger partial charge in [-0.15, -0.1) is 0 Å². The molecule has 37 heavy (non-hydrogen) atoms. The van der Waals surface area contributed by atoms with Crippen LogP contribution in [0.5, 0.6) is 5.75 Å². The number of aromatic nitrogens is 1. The van der Waals surface area contributed by atoms with Crippen LogP contribution in [0.4, 0.5) is 14.3 Å². The van der Waals surface area contributed by atoms with E-state index in [0.29, 0.717) is 30.3 Å². The van der Waals surface area contributed by atoms with E-state index in [-0.39, 0.29) is 16.9 Å². The number of nitrogens with one attached hydrogen (secondary N) is 1. The summed E-state index contributed by atoms with van der Waals surface area (Å²) >= 11 is 0.879. The lowest BCUT2D eigenvalue weighted by atomic mass is 9.83. The first-order chi connectivity index (χ1) is 18.1. The number of nitrogens with zero attached hydrogens (tertiary/aromatic N) is 4. The Morgan fingerprint density at radius 3 is 2.38 bits per heavy atom. The Balaban J connectivity index is 1.18. The van der Waals surface area contributed by atoms with Crippen LogP contribution in [-0.2, 0) is 0 Å². The van der Waals surface area contributed by atoms with Crippen molar-refractivity contribution in [1.82, 2.24) is 19.7 Å². The first-order valence-electron chi connectivity index (χ1n) is 14.0. The molecule has 0 spiro atoms. The Labute approximate surface area is 224 Å². The number of piperazine rings is 1. The minimum atomic E-state index is -0.406. The van der Waals surface area contributed by atoms with Crippen molar-refractivity contribution in [3.63, 3.8) is 0 Å². The van der Waals surface area contributed by atoms with E-state index >= 15 is 4.39 Å². The van der Waals surface area contributed by atoms with Crippen LogP contribution < -0.4 is 10.1 Å². The maximum atomic E-state index is 15.1. The van der Waals surface area contributed by atoms with Crippen molar-refractivity contribution in [1.29, 1.82) is 0 Å². The first kappa shape index (κ1) is 26.4. The van der Waals surface area contributed by atoms with Crippen LogP contribution in [0, 0.1) is 5.13 Å². The number of hydrogen-bond acceptors (Lipinski definition) is 6. The lowest BCUT2D eigenvalue weighted by Crippen LogP contribution is -2.51. The Bertz CT molecular complexity index is 1040. The molecular formula is C28H40FN5O2S. The van der Waals surface area contributed by atoms with Gasteiger partial charge in [-0.3, -0.25) is 10.2 Å². The van der Waals surface area contributed by atoms with E-state index in [2.05, 4.69) is 26.2 Å². The van der Waals surface area contributed by atoms with Crippen molar-refractivity contribution >= 4 is 22.5 Å². The van der Waals surface area contributed by atoms with Crippen molar-refractivity contribution in [2.24, 2.45) is 0 Å². The molecule has 2 saturated heterocycles. The van der Waals surface area contributed by atoms with Crippen LogP contribution in [0.2, 0.25) is 0 Å². The van der Waals surface area contributed by atoms with Crippen LogP contribution in [0.3, 0.4) is 0 Å². The fourth-order valence-electron chi connectivity index (χ4n) is 5.93. The zero-order valence-electron chi connectivity index (χ0n) is 22.0. The number of hydrogen-bond donors (Lipinski definition) is 1. The third-order valence-corrected chi connectivity index (χ3v) is 8.95. The summed E-state index contributed by atoms with van der Waals surface area (Å²) in [6, 6.07) is 5.83. The molecule has 2 aliphatic heterocycles. The minimum absolute atomic E-state index is 0.209. The van der Waals surface area contributed by atoms with Crippen molar-refractivity contribution in [2.45, 2.75) is 57.3 Å². The van der Waals surface area contributed by atoms with Gasteiger partial charge in [0.1, 0.15) is 11.4 Å². The lowest BCUT2D eigenvalue weighted by Gasteiger charge is -2.36. The van der Waals surface area contributed by atoms with E-state index in [1.54, 1.807) is 12.0 Å². The molecule has 2 aromatic rings. The number of carbonyl (C=O) groups excluding carboxylic acids is 1. The van der Waals surface area contributed by atoms with Gasteiger partial charge in [0.2, 0.25) is 5.13 Å². The lowest BCUT2D eigenvalue weighted by molar-refractivity contribution is 0.128. The zero-order chi connectivity index (χ0) is 25.6. The second-order valence-corrected chi connectivity index (χ2v) is 11.5. The molecule has 1 saturated carbocycles. The normalized spacial score (nSPS) is 20.2. The molecular weight excluding hydrogens is 489 g/mol. The summed E-state index contributed by atoms with van der Waals surface area (Å²) in [6.45, 7) is 7.66. The molecule has 1 aliphatic carbocycles. The SMILES string of the molecule is COc1ccc(C2CCCCC2)cc1-c1nc(NC(=O)N2CCN(CCN3CCCCC3)CC2)sc1F. The predicted molar refractivity (Wildman–Crippen MR) is 147 cm³/mol. The number of ether oxygens (including phenoxy) is 1. The number of rotatable bonds is 7. The molecule has 1 N–H and O–H groups in total. The van der Waals surface area contributed by atoms with E-state index in [9.17, 15) is 4.79 Å². The Hall–Kier alpha value is -2.23. The highest BCUT2D eigenvalue weighted by Crippen LogP contribution is 2.40. The molecule has 1 aromatic carbocycles. The number of piperidine rings is 1. The number of halogens is 1. The third-order valence-electron chi connectivity index (χ3n) is 8.20. The molecule has 7 nitrogen and oxygen atoms in total. The van der Waals surface area contributed by atoms with Gasteiger partial charge in [-0.05, 0) is 62.4 Å². The van der Waals surface area contributed by atoms with Crippen LogP contribution in [0.1, 0.15) is 62.8 Å². The number of amides is 2. The topological polar surface area (TPSA) is 60.9 Å². The van der Waals surface area contributed by atoms with Gasteiger partial charge in [-0.1, -0.05) is 43.1 Å². The highest BCUT2D eigenvalue weighted by Gasteiger charge is 2.25. The van der Waals surface area contributed by atoms with Gasteiger partial charge in [-0.25, -0.2) is 9.78 Å². The van der Waals surface area contributed by atoms with Gasteiger partial charge in [0.25, 0.3) is 0 Å². The Morgan fingerprint density at radius 2 is 1.68 bits per heavy atom. The number of benzene rings is 1. The van der Waals surface area contributed by atoms with Gasteiger partial charge in [-0.2, -0.15) is 4.39 Å². The molecule has 3 heterocycles. The standard InChI is InChI=1S/C28H40FN5O2S/c1-36-24-11-10-22(21-8-4-2-5-9-21)20-23(24)25-26(29)37-27(30-25)31-28(35)34-18-16-33(17-19-34)15-14-32-12-6-3-7-13-32/h10-11,20-21H,2-9,12-19H2,1H3,(H,30,31,35). The Morgan fingerprint density at radius 1 is 1.00 bits per heavy atom. The maximum absolute atomic E-state index is 15.1. The molecule has 0 radical (unpaired) electrons. The van der Waals surface area contributed by atoms with E-state index in [4.69, 9.17) is 4.74 Å². The first-order valence-corrected chi connectivity index (χ1v) is 14.8. The summed E-state index contributed by atoms with van der Waals surface area (Å²) < 4.78 is 20.6. The second kappa shape index (κ2) is 12.5. The quantitative estimate of drug-likeness (QED) is 0.503. The van der Waals surface area contributed by atoms with Gasteiger partial charge in [0.15, 0.2) is 5.13 Å². The number of thiazole rings is 1. The van der Waals surface area contributed by atoms with Crippen molar-refractivity contribution < 1.29 is 13.9 Å². The maximum Gasteiger partial charge on any atom is 0.323 e. The fourth-order valence-corrected chi connectivity index (χ4v) is 6.63. The molecule has 1 aromatic heterocycles. The second-order valence-electron chi connectivity index (χ2n) is 10.6. The van der Waals surface area contributed by atoms with E-state index in [1.165, 1.54) is 57.2 Å². The molecule has 5 rings (SSSR count). The summed E-state index contributed by atoms with van der Waals surface area (Å²) in [7, 11) is 1.60. The van der Waals surface area contributed by atoms with Gasteiger partial charge in [0.05, 0.1) is 7.11 Å². The summed E-state index contributed by atoms with van der Waals surface area (Å²) in [5.74, 6) is 1.10. The van der Waals surface area contributed by atoms with Crippen molar-refractivity contribution in [2.75, 3.05) is 64.8 Å². The van der Waals surface area contributed by atoms with E-state index in [1.807, 2.05) is 12.1 Å². The zero-order valence-corrected chi connectivity index (χ0v) is 22.8. The summed E-state index contributed by atoms with van der Waals surface area (Å²) in [5, 5.41) is 2.73. The smallest absolute Gasteiger partial charge is 0.323 e. The number of likely N-dealkylation sites (tertiary alicyclic amines) is 1. The van der Waals surface area contributed by atoms with Crippen LogP contribution >= 0.6 is 11.3 Å². The number of anilines is 1. The predicted octanol–water partition coefficient (Wildman–Crippen LogP) is 5.64. The highest BCUT2D eigenvalue weighted by atomic mass is 32.1. The molecule has 0 atom stereocenters. The fraction of sp³-hybridized carbons (Fsp3) is 0.643. The van der Waals surface area contributed by atoms with Crippen LogP contribution in [0.15, 0.2) is 18.2 Å². The molecule has 2 amide bonds. The van der Waals surface area contributed by atoms with Gasteiger partial charge < -0.3 is 14.5 Å². The average Bonchev–Trinajstić information content (AvgIpc) is 3.32. The molecule has 9 heteroatoms.